The van der Waals surface area contributed by atoms with E-state index in [-0.39, 0.29) is 12.1 Å². The molecule has 0 heterocycles. The number of ether oxygens (including phenoxy) is 1. The second-order valence-electron chi connectivity index (χ2n) is 4.25. The summed E-state index contributed by atoms with van der Waals surface area (Å²) < 4.78 is 43.7. The van der Waals surface area contributed by atoms with Gasteiger partial charge < -0.3 is 15.1 Å². The number of nitrogens with one attached hydrogen (secondary N) is 1. The molecule has 5 nitrogen and oxygen atoms in total. The number of nitrogens with zero attached hydrogens (tertiary/aromatic N) is 1. The first-order chi connectivity index (χ1) is 9.86. The van der Waals surface area contributed by atoms with E-state index in [2.05, 4.69) is 0 Å². The van der Waals surface area contributed by atoms with Gasteiger partial charge >= 0.3 is 6.18 Å². The van der Waals surface area contributed by atoms with Crippen LogP contribution in [0.4, 0.5) is 18.9 Å². The van der Waals surface area contributed by atoms with Crippen molar-refractivity contribution in [2.45, 2.75) is 13.1 Å². The van der Waals surface area contributed by atoms with Crippen molar-refractivity contribution < 1.29 is 22.7 Å². The number of halogens is 3. The number of carbonyl (C=O) groups is 1. The van der Waals surface area contributed by atoms with Crippen LogP contribution in [0.1, 0.15) is 22.8 Å². The van der Waals surface area contributed by atoms with Crippen LogP contribution in [0.2, 0.25) is 0 Å². The molecule has 1 amide bonds. The maximum absolute atomic E-state index is 12.9. The number of hydrazine groups is 1. The van der Waals surface area contributed by atoms with Crippen molar-refractivity contribution in [1.29, 1.82) is 0 Å². The summed E-state index contributed by atoms with van der Waals surface area (Å²) in [5.74, 6) is 4.65. The molecule has 1 aromatic carbocycles. The van der Waals surface area contributed by atoms with Gasteiger partial charge in [0.25, 0.3) is 5.91 Å². The maximum atomic E-state index is 12.9. The molecule has 8 heteroatoms. The van der Waals surface area contributed by atoms with Gasteiger partial charge in [-0.15, -0.1) is 0 Å². The Labute approximate surface area is 120 Å². The lowest BCUT2D eigenvalue weighted by atomic mass is 10.1. The highest BCUT2D eigenvalue weighted by Gasteiger charge is 2.35. The number of amides is 1. The smallest absolute Gasteiger partial charge is 0.383 e. The molecule has 0 bridgehead atoms. The third kappa shape index (κ3) is 4.08. The SMILES string of the molecule is CCN(CCOC)C(=O)c1cccc(C(F)(F)F)c1NN. The Morgan fingerprint density at radius 3 is 2.57 bits per heavy atom. The zero-order chi connectivity index (χ0) is 16.0. The molecule has 1 rings (SSSR count). The number of carbonyl (C=O) groups excluding carboxylic acids is 1. The summed E-state index contributed by atoms with van der Waals surface area (Å²) in [5.41, 5.74) is 0.469. The van der Waals surface area contributed by atoms with Crippen molar-refractivity contribution >= 4 is 11.6 Å². The monoisotopic (exact) mass is 305 g/mol. The van der Waals surface area contributed by atoms with Crippen LogP contribution in [-0.4, -0.2) is 37.6 Å². The summed E-state index contributed by atoms with van der Waals surface area (Å²) in [6.07, 6.45) is -4.60. The Bertz CT molecular complexity index is 492. The van der Waals surface area contributed by atoms with Gasteiger partial charge in [-0.05, 0) is 19.1 Å². The molecular formula is C13H18F3N3O2. The minimum Gasteiger partial charge on any atom is -0.383 e. The van der Waals surface area contributed by atoms with Crippen molar-refractivity contribution in [2.75, 3.05) is 32.2 Å². The average molecular weight is 305 g/mol. The van der Waals surface area contributed by atoms with Crippen molar-refractivity contribution in [3.63, 3.8) is 0 Å². The number of hydrogen-bond acceptors (Lipinski definition) is 4. The van der Waals surface area contributed by atoms with Gasteiger partial charge in [0, 0.05) is 20.2 Å². The number of anilines is 1. The largest absolute Gasteiger partial charge is 0.418 e. The summed E-state index contributed by atoms with van der Waals surface area (Å²) in [4.78, 5) is 13.7. The summed E-state index contributed by atoms with van der Waals surface area (Å²) in [6, 6.07) is 3.36. The predicted octanol–water partition coefficient (Wildman–Crippen LogP) is 2.10. The van der Waals surface area contributed by atoms with Crippen LogP contribution in [0.5, 0.6) is 0 Å². The minimum atomic E-state index is -4.60. The molecule has 0 unspecified atom stereocenters. The molecule has 118 valence electrons. The van der Waals surface area contributed by atoms with Gasteiger partial charge in [0.1, 0.15) is 0 Å². The van der Waals surface area contributed by atoms with Gasteiger partial charge in [0.15, 0.2) is 0 Å². The van der Waals surface area contributed by atoms with Gasteiger partial charge in [-0.1, -0.05) is 6.07 Å². The van der Waals surface area contributed by atoms with E-state index in [9.17, 15) is 18.0 Å². The fourth-order valence-corrected chi connectivity index (χ4v) is 1.90. The molecule has 0 atom stereocenters. The standard InChI is InChI=1S/C13H18F3N3O2/c1-3-19(7-8-21-2)12(20)9-5-4-6-10(11(9)18-17)13(14,15)16/h4-6,18H,3,7-8,17H2,1-2H3. The Morgan fingerprint density at radius 2 is 2.10 bits per heavy atom. The Morgan fingerprint density at radius 1 is 1.43 bits per heavy atom. The molecule has 0 aliphatic rings. The van der Waals surface area contributed by atoms with Gasteiger partial charge in [-0.25, -0.2) is 0 Å². The zero-order valence-electron chi connectivity index (χ0n) is 11.8. The van der Waals surface area contributed by atoms with Crippen molar-refractivity contribution in [1.82, 2.24) is 4.90 Å². The fraction of sp³-hybridized carbons (Fsp3) is 0.462. The van der Waals surface area contributed by atoms with E-state index in [1.807, 2.05) is 5.43 Å². The molecule has 0 saturated heterocycles. The van der Waals surface area contributed by atoms with Crippen LogP contribution in [0.15, 0.2) is 18.2 Å². The lowest BCUT2D eigenvalue weighted by Crippen LogP contribution is -2.34. The van der Waals surface area contributed by atoms with E-state index >= 15 is 0 Å². The number of para-hydroxylation sites is 1. The number of alkyl halides is 3. The number of likely N-dealkylation sites (N-methyl/N-ethyl adjacent to an activating group) is 1. The second kappa shape index (κ2) is 7.28. The highest BCUT2D eigenvalue weighted by Crippen LogP contribution is 2.36. The van der Waals surface area contributed by atoms with Gasteiger partial charge in [-0.3, -0.25) is 10.6 Å². The number of rotatable bonds is 6. The number of methoxy groups -OCH3 is 1. The molecule has 0 radical (unpaired) electrons. The number of hydrogen-bond donors (Lipinski definition) is 2. The highest BCUT2D eigenvalue weighted by molar-refractivity contribution is 6.00. The van der Waals surface area contributed by atoms with Crippen LogP contribution in [0.3, 0.4) is 0 Å². The molecule has 0 fully saturated rings. The average Bonchev–Trinajstić information content (AvgIpc) is 2.45. The Balaban J connectivity index is 3.20. The zero-order valence-corrected chi connectivity index (χ0v) is 11.8. The third-order valence-corrected chi connectivity index (χ3v) is 2.98. The molecule has 0 spiro atoms. The predicted molar refractivity (Wildman–Crippen MR) is 72.7 cm³/mol. The molecule has 1 aromatic rings. The minimum absolute atomic E-state index is 0.120. The van der Waals surface area contributed by atoms with E-state index in [0.717, 1.165) is 6.07 Å². The van der Waals surface area contributed by atoms with Crippen molar-refractivity contribution in [3.8, 4) is 0 Å². The second-order valence-corrected chi connectivity index (χ2v) is 4.25. The van der Waals surface area contributed by atoms with E-state index in [1.54, 1.807) is 6.92 Å². The van der Waals surface area contributed by atoms with E-state index < -0.39 is 23.3 Å². The lowest BCUT2D eigenvalue weighted by molar-refractivity contribution is -0.137. The Hall–Kier alpha value is -1.80. The van der Waals surface area contributed by atoms with Crippen LogP contribution in [-0.2, 0) is 10.9 Å². The normalized spacial score (nSPS) is 11.3. The van der Waals surface area contributed by atoms with Gasteiger partial charge in [0.05, 0.1) is 23.4 Å². The third-order valence-electron chi connectivity index (χ3n) is 2.98. The van der Waals surface area contributed by atoms with Crippen LogP contribution in [0.25, 0.3) is 0 Å². The molecule has 0 saturated carbocycles. The topological polar surface area (TPSA) is 67.6 Å². The van der Waals surface area contributed by atoms with Crippen molar-refractivity contribution in [2.24, 2.45) is 5.84 Å². The molecule has 0 aromatic heterocycles. The molecule has 3 N–H and O–H groups in total. The van der Waals surface area contributed by atoms with Crippen LogP contribution >= 0.6 is 0 Å². The number of benzene rings is 1. The molecular weight excluding hydrogens is 287 g/mol. The summed E-state index contributed by atoms with van der Waals surface area (Å²) in [7, 11) is 1.48. The quantitative estimate of drug-likeness (QED) is 0.624. The highest BCUT2D eigenvalue weighted by atomic mass is 19.4. The number of nitrogens with two attached hydrogens (primary N) is 1. The van der Waals surface area contributed by atoms with Crippen LogP contribution in [0, 0.1) is 0 Å². The van der Waals surface area contributed by atoms with Gasteiger partial charge in [-0.2, -0.15) is 13.2 Å². The summed E-state index contributed by atoms with van der Waals surface area (Å²) in [6.45, 7) is 2.66. The lowest BCUT2D eigenvalue weighted by Gasteiger charge is -2.23. The first-order valence-electron chi connectivity index (χ1n) is 6.31. The first-order valence-corrected chi connectivity index (χ1v) is 6.31. The van der Waals surface area contributed by atoms with Crippen LogP contribution < -0.4 is 11.3 Å². The molecule has 0 aliphatic carbocycles. The maximum Gasteiger partial charge on any atom is 0.418 e. The van der Waals surface area contributed by atoms with Gasteiger partial charge in [0.2, 0.25) is 0 Å². The summed E-state index contributed by atoms with van der Waals surface area (Å²) in [5, 5.41) is 0. The first kappa shape index (κ1) is 17.3. The van der Waals surface area contributed by atoms with E-state index in [4.69, 9.17) is 10.6 Å². The Kier molecular flexibility index (Phi) is 5.98. The number of nitrogen functional groups attached to an aromatic ring is 1. The van der Waals surface area contributed by atoms with Crippen molar-refractivity contribution in [3.05, 3.63) is 29.3 Å². The fourth-order valence-electron chi connectivity index (χ4n) is 1.90. The van der Waals surface area contributed by atoms with E-state index in [1.165, 1.54) is 24.1 Å². The molecule has 0 aliphatic heterocycles. The van der Waals surface area contributed by atoms with E-state index in [0.29, 0.717) is 13.2 Å². The summed E-state index contributed by atoms with van der Waals surface area (Å²) >= 11 is 0. The molecule has 21 heavy (non-hydrogen) atoms.